The number of hydrogen-bond acceptors (Lipinski definition) is 8. The van der Waals surface area contributed by atoms with E-state index >= 15 is 0 Å². The van der Waals surface area contributed by atoms with Crippen LogP contribution in [0, 0.1) is 23.7 Å². The van der Waals surface area contributed by atoms with Gasteiger partial charge in [-0.05, 0) is 49.5 Å². The first kappa shape index (κ1) is 25.2. The maximum absolute atomic E-state index is 13.3. The Bertz CT molecular complexity index is 1420. The molecule has 4 aliphatic rings. The standard InChI is InChI=1S/C28H26N2O8/c1-12-8-19(31)18-11-17-14(6-7-16-23(17)27(35)30(26(16)34)28(29)36)15(22(18)24(12)32)5-4-13-9-20(37-2)25(33)21(10-13)38-3/h4-6,8-10,15-17,23,33H,7,11H2,1-3H3,(H2,29,36)/t15-,16-,17+,23-/m0/s1. The van der Waals surface area contributed by atoms with Crippen LogP contribution in [0.25, 0.3) is 6.08 Å². The van der Waals surface area contributed by atoms with E-state index in [1.165, 1.54) is 20.3 Å². The number of allylic oxidation sites excluding steroid dienone is 7. The van der Waals surface area contributed by atoms with Crippen LogP contribution >= 0.6 is 0 Å². The molecule has 1 aromatic carbocycles. The molecule has 10 heteroatoms. The van der Waals surface area contributed by atoms with E-state index in [1.54, 1.807) is 31.2 Å². The van der Waals surface area contributed by atoms with Crippen molar-refractivity contribution >= 4 is 35.5 Å². The van der Waals surface area contributed by atoms with Gasteiger partial charge in [0, 0.05) is 22.6 Å². The van der Waals surface area contributed by atoms with E-state index in [9.17, 15) is 29.1 Å². The first-order chi connectivity index (χ1) is 18.1. The number of carbonyl (C=O) groups excluding carboxylic acids is 5. The van der Waals surface area contributed by atoms with Gasteiger partial charge >= 0.3 is 6.03 Å². The number of rotatable bonds is 4. The summed E-state index contributed by atoms with van der Waals surface area (Å²) in [5, 5.41) is 10.3. The van der Waals surface area contributed by atoms with Crippen LogP contribution in [0.5, 0.6) is 17.2 Å². The van der Waals surface area contributed by atoms with Crippen LogP contribution in [0.1, 0.15) is 25.3 Å². The molecule has 3 N–H and O–H groups in total. The largest absolute Gasteiger partial charge is 0.502 e. The van der Waals surface area contributed by atoms with E-state index in [4.69, 9.17) is 15.2 Å². The number of nitrogens with zero attached hydrogens (tertiary/aromatic N) is 1. The number of hydrogen-bond donors (Lipinski definition) is 2. The van der Waals surface area contributed by atoms with Crippen molar-refractivity contribution in [1.29, 1.82) is 0 Å². The van der Waals surface area contributed by atoms with Gasteiger partial charge in [0.05, 0.1) is 26.1 Å². The number of aromatic hydroxyl groups is 1. The van der Waals surface area contributed by atoms with Crippen LogP contribution in [0.15, 0.2) is 52.7 Å². The Morgan fingerprint density at radius 3 is 2.34 bits per heavy atom. The Labute approximate surface area is 218 Å². The normalized spacial score (nSPS) is 26.7. The van der Waals surface area contributed by atoms with Crippen LogP contribution < -0.4 is 15.2 Å². The van der Waals surface area contributed by atoms with Gasteiger partial charge in [0.15, 0.2) is 23.1 Å². The summed E-state index contributed by atoms with van der Waals surface area (Å²) in [6.07, 6.45) is 6.92. The lowest BCUT2D eigenvalue weighted by atomic mass is 9.60. The number of phenols is 1. The number of ether oxygens (including phenoxy) is 2. The number of urea groups is 1. The van der Waals surface area contributed by atoms with Gasteiger partial charge in [0.2, 0.25) is 17.6 Å². The number of Topliss-reactive ketones (excluding diaryl/α,β-unsaturated/α-hetero) is 1. The smallest absolute Gasteiger partial charge is 0.328 e. The van der Waals surface area contributed by atoms with E-state index in [0.717, 1.165) is 5.57 Å². The number of ketones is 2. The molecule has 5 rings (SSSR count). The number of imide groups is 3. The monoisotopic (exact) mass is 518 g/mol. The highest BCUT2D eigenvalue weighted by Gasteiger charge is 2.57. The van der Waals surface area contributed by atoms with E-state index < -0.39 is 41.5 Å². The average molecular weight is 519 g/mol. The Morgan fingerprint density at radius 1 is 1.08 bits per heavy atom. The van der Waals surface area contributed by atoms with Gasteiger partial charge in [-0.25, -0.2) is 4.79 Å². The molecule has 0 radical (unpaired) electrons. The van der Waals surface area contributed by atoms with Crippen molar-refractivity contribution in [3.8, 4) is 17.2 Å². The summed E-state index contributed by atoms with van der Waals surface area (Å²) < 4.78 is 10.5. The van der Waals surface area contributed by atoms with Crippen LogP contribution in [-0.4, -0.2) is 53.6 Å². The average Bonchev–Trinajstić information content (AvgIpc) is 3.15. The molecule has 4 amide bonds. The number of benzene rings is 1. The number of carbonyl (C=O) groups is 5. The SMILES string of the molecule is COc1cc(C=C[C@H]2C3=CC[C@@H]4C(=O)N(C(N)=O)C(=O)[C@@H]4[C@@H]3CC3=C2C(=O)C(C)=CC3=O)cc(OC)c1O. The number of likely N-dealkylation sites (tertiary alicyclic amines) is 1. The summed E-state index contributed by atoms with van der Waals surface area (Å²) in [6.45, 7) is 1.59. The second-order valence-corrected chi connectivity index (χ2v) is 9.76. The lowest BCUT2D eigenvalue weighted by Gasteiger charge is -2.41. The summed E-state index contributed by atoms with van der Waals surface area (Å²) in [5.41, 5.74) is 7.62. The number of primary amides is 1. The van der Waals surface area contributed by atoms with Crippen molar-refractivity contribution in [2.75, 3.05) is 14.2 Å². The molecule has 0 saturated carbocycles. The minimum Gasteiger partial charge on any atom is -0.502 e. The Balaban J connectivity index is 1.62. The Morgan fingerprint density at radius 2 is 1.74 bits per heavy atom. The fraction of sp³-hybridized carbons (Fsp3) is 0.321. The van der Waals surface area contributed by atoms with Crippen molar-refractivity contribution in [3.05, 3.63) is 58.2 Å². The van der Waals surface area contributed by atoms with E-state index in [0.29, 0.717) is 27.2 Å². The summed E-state index contributed by atoms with van der Waals surface area (Å²) >= 11 is 0. The summed E-state index contributed by atoms with van der Waals surface area (Å²) in [5.74, 6) is -4.49. The number of amides is 4. The molecule has 3 aliphatic carbocycles. The fourth-order valence-electron chi connectivity index (χ4n) is 6.07. The Kier molecular flexibility index (Phi) is 6.05. The van der Waals surface area contributed by atoms with Crippen LogP contribution in [0.3, 0.4) is 0 Å². The highest BCUT2D eigenvalue weighted by atomic mass is 16.5. The third-order valence-electron chi connectivity index (χ3n) is 7.82. The molecule has 0 unspecified atom stereocenters. The van der Waals surface area contributed by atoms with Crippen LogP contribution in [-0.2, 0) is 19.2 Å². The van der Waals surface area contributed by atoms with Gasteiger partial charge in [0.1, 0.15) is 0 Å². The second kappa shape index (κ2) is 9.13. The molecule has 1 heterocycles. The number of methoxy groups -OCH3 is 2. The minimum absolute atomic E-state index is 0.105. The third kappa shape index (κ3) is 3.67. The molecular formula is C28H26N2O8. The maximum atomic E-state index is 13.3. The maximum Gasteiger partial charge on any atom is 0.328 e. The van der Waals surface area contributed by atoms with Crippen molar-refractivity contribution in [1.82, 2.24) is 4.90 Å². The summed E-state index contributed by atoms with van der Waals surface area (Å²) in [7, 11) is 2.82. The fourth-order valence-corrected chi connectivity index (χ4v) is 6.07. The first-order valence-corrected chi connectivity index (χ1v) is 12.1. The first-order valence-electron chi connectivity index (χ1n) is 12.1. The Hall–Kier alpha value is -4.47. The van der Waals surface area contributed by atoms with Gasteiger partial charge < -0.3 is 20.3 Å². The van der Waals surface area contributed by atoms with E-state index in [-0.39, 0.29) is 41.7 Å². The van der Waals surface area contributed by atoms with Crippen molar-refractivity contribution in [3.63, 3.8) is 0 Å². The zero-order valence-corrected chi connectivity index (χ0v) is 21.0. The highest BCUT2D eigenvalue weighted by Crippen LogP contribution is 2.52. The molecule has 10 nitrogen and oxygen atoms in total. The minimum atomic E-state index is -1.12. The lowest BCUT2D eigenvalue weighted by molar-refractivity contribution is -0.136. The molecular weight excluding hydrogens is 492 g/mol. The van der Waals surface area contributed by atoms with E-state index in [2.05, 4.69) is 0 Å². The lowest BCUT2D eigenvalue weighted by Crippen LogP contribution is -2.42. The van der Waals surface area contributed by atoms with Gasteiger partial charge in [-0.2, -0.15) is 4.90 Å². The van der Waals surface area contributed by atoms with Crippen molar-refractivity contribution < 1.29 is 38.6 Å². The quantitative estimate of drug-likeness (QED) is 0.350. The van der Waals surface area contributed by atoms with Gasteiger partial charge in [-0.1, -0.05) is 23.8 Å². The molecule has 1 aromatic rings. The molecule has 1 saturated heterocycles. The molecule has 38 heavy (non-hydrogen) atoms. The number of nitrogens with two attached hydrogens (primary N) is 1. The zero-order valence-electron chi connectivity index (χ0n) is 21.0. The topological polar surface area (TPSA) is 153 Å². The number of fused-ring (bicyclic) bond motifs is 3. The van der Waals surface area contributed by atoms with Crippen LogP contribution in [0.4, 0.5) is 4.79 Å². The predicted molar refractivity (Wildman–Crippen MR) is 134 cm³/mol. The molecule has 1 aliphatic heterocycles. The molecule has 196 valence electrons. The summed E-state index contributed by atoms with van der Waals surface area (Å²) in [6, 6.07) is 2.07. The van der Waals surface area contributed by atoms with Gasteiger partial charge in [-0.3, -0.25) is 19.2 Å². The van der Waals surface area contributed by atoms with Crippen molar-refractivity contribution in [2.24, 2.45) is 29.4 Å². The summed E-state index contributed by atoms with van der Waals surface area (Å²) in [4.78, 5) is 64.8. The predicted octanol–water partition coefficient (Wildman–Crippen LogP) is 2.46. The number of phenolic OH excluding ortho intramolecular Hbond substituents is 1. The third-order valence-corrected chi connectivity index (χ3v) is 7.82. The second-order valence-electron chi connectivity index (χ2n) is 9.76. The van der Waals surface area contributed by atoms with E-state index in [1.807, 2.05) is 6.08 Å². The highest BCUT2D eigenvalue weighted by molar-refractivity contribution is 6.23. The van der Waals surface area contributed by atoms with Gasteiger partial charge in [-0.15, -0.1) is 0 Å². The molecule has 1 fully saturated rings. The van der Waals surface area contributed by atoms with Crippen molar-refractivity contribution in [2.45, 2.75) is 19.8 Å². The van der Waals surface area contributed by atoms with Gasteiger partial charge in [0.25, 0.3) is 0 Å². The molecule has 0 bridgehead atoms. The zero-order chi connectivity index (χ0) is 27.5. The molecule has 0 spiro atoms. The molecule has 4 atom stereocenters. The molecule has 0 aromatic heterocycles. The van der Waals surface area contributed by atoms with Crippen LogP contribution in [0.2, 0.25) is 0 Å².